The number of hydrogen-bond acceptors (Lipinski definition) is 3. The molecule has 0 rings (SSSR count). The van der Waals surface area contributed by atoms with Gasteiger partial charge in [0, 0.05) is 6.04 Å². The Labute approximate surface area is 84.4 Å². The topological polar surface area (TPSA) is 83.5 Å². The fourth-order valence-corrected chi connectivity index (χ4v) is 1.08. The Bertz CT molecular complexity index is 234. The van der Waals surface area contributed by atoms with E-state index in [9.17, 15) is 4.79 Å². The summed E-state index contributed by atoms with van der Waals surface area (Å²) in [5.74, 6) is -0.840. The molecule has 4 N–H and O–H groups in total. The van der Waals surface area contributed by atoms with Crippen LogP contribution in [0.15, 0.2) is 11.1 Å². The second-order valence-corrected chi connectivity index (χ2v) is 3.74. The van der Waals surface area contributed by atoms with E-state index in [0.29, 0.717) is 6.42 Å². The van der Waals surface area contributed by atoms with Crippen molar-refractivity contribution in [2.24, 2.45) is 5.73 Å². The first kappa shape index (κ1) is 13.1. The van der Waals surface area contributed by atoms with E-state index in [1.807, 2.05) is 6.92 Å². The van der Waals surface area contributed by atoms with Gasteiger partial charge in [0.05, 0.1) is 12.5 Å². The van der Waals surface area contributed by atoms with E-state index in [1.54, 1.807) is 13.8 Å². The number of aliphatic hydroxyl groups is 1. The molecule has 0 aromatic heterocycles. The molecule has 0 saturated heterocycles. The quantitative estimate of drug-likeness (QED) is 0.577. The van der Waals surface area contributed by atoms with Gasteiger partial charge in [-0.3, -0.25) is 4.79 Å². The Balaban J connectivity index is 4.29. The molecule has 0 radical (unpaired) electrons. The van der Waals surface area contributed by atoms with Crippen LogP contribution in [0.1, 0.15) is 33.6 Å². The van der Waals surface area contributed by atoms with E-state index >= 15 is 0 Å². The van der Waals surface area contributed by atoms with Crippen molar-refractivity contribution in [3.8, 4) is 0 Å². The third kappa shape index (κ3) is 4.99. The van der Waals surface area contributed by atoms with Gasteiger partial charge >= 0.3 is 5.97 Å². The Morgan fingerprint density at radius 1 is 1.36 bits per heavy atom. The highest BCUT2D eigenvalue weighted by Gasteiger charge is 2.11. The molecule has 4 nitrogen and oxygen atoms in total. The molecule has 4 heteroatoms. The highest BCUT2D eigenvalue weighted by molar-refractivity contribution is 5.70. The zero-order valence-electron chi connectivity index (χ0n) is 8.95. The number of carboxylic acids is 1. The zero-order valence-corrected chi connectivity index (χ0v) is 8.95. The van der Waals surface area contributed by atoms with Crippen LogP contribution in [0.25, 0.3) is 0 Å². The minimum atomic E-state index is -0.840. The Hall–Kier alpha value is -0.870. The summed E-state index contributed by atoms with van der Waals surface area (Å²) >= 11 is 0. The number of aliphatic carboxylic acids is 1. The molecule has 0 aromatic rings. The number of hydrogen-bond donors (Lipinski definition) is 3. The highest BCUT2D eigenvalue weighted by atomic mass is 16.4. The van der Waals surface area contributed by atoms with Crippen LogP contribution in [0, 0.1) is 0 Å². The minimum Gasteiger partial charge on any atom is -0.481 e. The van der Waals surface area contributed by atoms with Crippen LogP contribution in [0.3, 0.4) is 0 Å². The van der Waals surface area contributed by atoms with Gasteiger partial charge in [-0.25, -0.2) is 0 Å². The number of aliphatic hydroxyl groups excluding tert-OH is 1. The lowest BCUT2D eigenvalue weighted by Crippen LogP contribution is -2.32. The summed E-state index contributed by atoms with van der Waals surface area (Å²) in [4.78, 5) is 10.4. The molecule has 0 aliphatic carbocycles. The van der Waals surface area contributed by atoms with Crippen molar-refractivity contribution < 1.29 is 15.0 Å². The van der Waals surface area contributed by atoms with E-state index in [-0.39, 0.29) is 12.5 Å². The number of rotatable bonds is 5. The first-order valence-electron chi connectivity index (χ1n) is 4.65. The summed E-state index contributed by atoms with van der Waals surface area (Å²) < 4.78 is 0. The van der Waals surface area contributed by atoms with Crippen molar-refractivity contribution in [2.45, 2.75) is 45.8 Å². The van der Waals surface area contributed by atoms with Gasteiger partial charge < -0.3 is 15.9 Å². The third-order valence-corrected chi connectivity index (χ3v) is 2.31. The highest BCUT2D eigenvalue weighted by Crippen LogP contribution is 2.14. The molecule has 0 amide bonds. The largest absolute Gasteiger partial charge is 0.481 e. The fraction of sp³-hybridized carbons (Fsp3) is 0.700. The molecule has 0 spiro atoms. The van der Waals surface area contributed by atoms with Crippen LogP contribution < -0.4 is 5.73 Å². The van der Waals surface area contributed by atoms with Crippen LogP contribution in [0.4, 0.5) is 0 Å². The van der Waals surface area contributed by atoms with Crippen molar-refractivity contribution in [1.29, 1.82) is 0 Å². The average Bonchev–Trinajstić information content (AvgIpc) is 2.02. The van der Waals surface area contributed by atoms with Crippen LogP contribution in [-0.4, -0.2) is 28.3 Å². The molecular formula is C10H19NO3. The van der Waals surface area contributed by atoms with Crippen molar-refractivity contribution in [3.05, 3.63) is 11.1 Å². The fourth-order valence-electron chi connectivity index (χ4n) is 1.08. The van der Waals surface area contributed by atoms with Gasteiger partial charge in [0.25, 0.3) is 0 Å². The molecule has 14 heavy (non-hydrogen) atoms. The van der Waals surface area contributed by atoms with Gasteiger partial charge in [-0.1, -0.05) is 11.1 Å². The summed E-state index contributed by atoms with van der Waals surface area (Å²) in [5, 5.41) is 17.7. The predicted octanol–water partition coefficient (Wildman–Crippen LogP) is 0.896. The molecule has 0 aromatic carbocycles. The molecule has 2 atom stereocenters. The predicted molar refractivity (Wildman–Crippen MR) is 54.9 cm³/mol. The van der Waals surface area contributed by atoms with Crippen molar-refractivity contribution in [1.82, 2.24) is 0 Å². The Morgan fingerprint density at radius 2 is 1.86 bits per heavy atom. The Morgan fingerprint density at radius 3 is 2.21 bits per heavy atom. The summed E-state index contributed by atoms with van der Waals surface area (Å²) in [6, 6.07) is -0.321. The standard InChI is InChI=1S/C10H19NO3/c1-6(4-9(11)8(3)12)7(2)5-10(13)14/h8-9,12H,4-5,11H2,1-3H3,(H,13,14)/b7-6+. The number of carbonyl (C=O) groups is 1. The van der Waals surface area contributed by atoms with Gasteiger partial charge in [-0.2, -0.15) is 0 Å². The van der Waals surface area contributed by atoms with Crippen LogP contribution in [0.2, 0.25) is 0 Å². The van der Waals surface area contributed by atoms with Crippen molar-refractivity contribution in [3.63, 3.8) is 0 Å². The van der Waals surface area contributed by atoms with E-state index in [1.165, 1.54) is 0 Å². The molecule has 82 valence electrons. The molecule has 0 saturated carbocycles. The monoisotopic (exact) mass is 201 g/mol. The van der Waals surface area contributed by atoms with E-state index in [4.69, 9.17) is 15.9 Å². The van der Waals surface area contributed by atoms with Gasteiger partial charge in [0.15, 0.2) is 0 Å². The summed E-state index contributed by atoms with van der Waals surface area (Å²) in [7, 11) is 0. The zero-order chi connectivity index (χ0) is 11.3. The molecule has 2 unspecified atom stereocenters. The summed E-state index contributed by atoms with van der Waals surface area (Å²) in [6.45, 7) is 5.25. The molecule has 0 heterocycles. The van der Waals surface area contributed by atoms with Gasteiger partial charge in [0.2, 0.25) is 0 Å². The molecule has 0 aliphatic rings. The first-order chi connectivity index (χ1) is 6.34. The minimum absolute atomic E-state index is 0.0400. The SMILES string of the molecule is C/C(CC(=O)O)=C(/C)CC(N)C(C)O. The molecular weight excluding hydrogens is 182 g/mol. The molecule has 0 bridgehead atoms. The maximum atomic E-state index is 10.4. The van der Waals surface area contributed by atoms with E-state index in [2.05, 4.69) is 0 Å². The summed E-state index contributed by atoms with van der Waals surface area (Å²) in [6.07, 6.45) is 0.0115. The lowest BCUT2D eigenvalue weighted by Gasteiger charge is -2.16. The van der Waals surface area contributed by atoms with Gasteiger partial charge in [-0.15, -0.1) is 0 Å². The Kier molecular flexibility index (Phi) is 5.42. The van der Waals surface area contributed by atoms with E-state index in [0.717, 1.165) is 11.1 Å². The number of nitrogens with two attached hydrogens (primary N) is 1. The molecule has 0 aliphatic heterocycles. The lowest BCUT2D eigenvalue weighted by atomic mass is 9.99. The van der Waals surface area contributed by atoms with E-state index < -0.39 is 12.1 Å². The van der Waals surface area contributed by atoms with Crippen molar-refractivity contribution >= 4 is 5.97 Å². The second kappa shape index (κ2) is 5.78. The molecule has 0 fully saturated rings. The van der Waals surface area contributed by atoms with Crippen LogP contribution in [0.5, 0.6) is 0 Å². The first-order valence-corrected chi connectivity index (χ1v) is 4.65. The average molecular weight is 201 g/mol. The lowest BCUT2D eigenvalue weighted by molar-refractivity contribution is -0.136. The van der Waals surface area contributed by atoms with Gasteiger partial charge in [-0.05, 0) is 27.2 Å². The second-order valence-electron chi connectivity index (χ2n) is 3.74. The van der Waals surface area contributed by atoms with Gasteiger partial charge in [0.1, 0.15) is 0 Å². The third-order valence-electron chi connectivity index (χ3n) is 2.31. The van der Waals surface area contributed by atoms with Crippen molar-refractivity contribution in [2.75, 3.05) is 0 Å². The van der Waals surface area contributed by atoms with Crippen LogP contribution in [-0.2, 0) is 4.79 Å². The van der Waals surface area contributed by atoms with Crippen LogP contribution >= 0.6 is 0 Å². The normalized spacial score (nSPS) is 17.2. The maximum Gasteiger partial charge on any atom is 0.307 e. The number of carboxylic acid groups (broad SMARTS) is 1. The smallest absolute Gasteiger partial charge is 0.307 e. The summed E-state index contributed by atoms with van der Waals surface area (Å²) in [5.41, 5.74) is 7.41. The maximum absolute atomic E-state index is 10.4.